The molecule has 3 fully saturated rings. The average Bonchev–Trinajstić information content (AvgIpc) is 3.25. The molecule has 0 N–H and O–H groups in total. The highest BCUT2D eigenvalue weighted by Gasteiger charge is 2.52. The van der Waals surface area contributed by atoms with E-state index in [9.17, 15) is 9.18 Å². The van der Waals surface area contributed by atoms with E-state index in [1.807, 2.05) is 23.6 Å². The molecule has 1 spiro atoms. The number of hydrogen-bond donors (Lipinski definition) is 0. The summed E-state index contributed by atoms with van der Waals surface area (Å²) in [5, 5.41) is 0. The van der Waals surface area contributed by atoms with Crippen LogP contribution in [-0.4, -0.2) is 93.3 Å². The van der Waals surface area contributed by atoms with Gasteiger partial charge in [-0.1, -0.05) is 0 Å². The van der Waals surface area contributed by atoms with E-state index in [1.165, 1.54) is 12.3 Å². The van der Waals surface area contributed by atoms with E-state index in [1.54, 1.807) is 18.6 Å². The predicted octanol–water partition coefficient (Wildman–Crippen LogP) is 2.52. The molecule has 0 radical (unpaired) electrons. The van der Waals surface area contributed by atoms with E-state index >= 15 is 0 Å². The Bertz CT molecular complexity index is 966. The number of piperazine rings is 1. The van der Waals surface area contributed by atoms with Gasteiger partial charge >= 0.3 is 6.09 Å². The highest BCUT2D eigenvalue weighted by molar-refractivity contribution is 8.01. The summed E-state index contributed by atoms with van der Waals surface area (Å²) in [6.07, 6.45) is 7.04. The normalized spacial score (nSPS) is 22.8. The number of halogens is 1. The standard InChI is InChI=1S/C22H27FN6O2S/c1-2-31-21(30)29-14-22(15-29)10-17(13-32-22)27-5-7-28(8-6-27)20-18(9-16(23)11-26-20)19-12-24-3-4-25-19/h3-4,9,11-12,17H,2,5-8,10,13-15H2,1H3/t17-/m0/s1. The smallest absolute Gasteiger partial charge is 0.409 e. The number of thioether (sulfide) groups is 1. The first kappa shape index (κ1) is 21.4. The highest BCUT2D eigenvalue weighted by atomic mass is 32.2. The molecule has 5 rings (SSSR count). The summed E-state index contributed by atoms with van der Waals surface area (Å²) in [4.78, 5) is 31.3. The monoisotopic (exact) mass is 458 g/mol. The van der Waals surface area contributed by atoms with E-state index in [-0.39, 0.29) is 16.7 Å². The summed E-state index contributed by atoms with van der Waals surface area (Å²) in [7, 11) is 0. The number of amides is 1. The van der Waals surface area contributed by atoms with E-state index in [0.29, 0.717) is 23.9 Å². The number of carbonyl (C=O) groups excluding carboxylic acids is 1. The lowest BCUT2D eigenvalue weighted by Gasteiger charge is -2.47. The molecule has 32 heavy (non-hydrogen) atoms. The molecule has 0 unspecified atom stereocenters. The quantitative estimate of drug-likeness (QED) is 0.692. The average molecular weight is 459 g/mol. The van der Waals surface area contributed by atoms with Crippen LogP contribution in [0.2, 0.25) is 0 Å². The van der Waals surface area contributed by atoms with Crippen LogP contribution in [0.15, 0.2) is 30.9 Å². The van der Waals surface area contributed by atoms with E-state index in [2.05, 4.69) is 24.8 Å². The van der Waals surface area contributed by atoms with Gasteiger partial charge in [-0.05, 0) is 19.4 Å². The predicted molar refractivity (Wildman–Crippen MR) is 121 cm³/mol. The van der Waals surface area contributed by atoms with Crippen LogP contribution in [0.3, 0.4) is 0 Å². The highest BCUT2D eigenvalue weighted by Crippen LogP contribution is 2.46. The third-order valence-electron chi connectivity index (χ3n) is 6.48. The SMILES string of the molecule is CCOC(=O)N1CC2(C[C@H](N3CCN(c4ncc(F)cc4-c4cnccn4)CC3)CS2)C1. The molecule has 1 atom stereocenters. The number of ether oxygens (including phenoxy) is 1. The molecule has 3 aliphatic heterocycles. The Balaban J connectivity index is 1.20. The molecule has 8 nitrogen and oxygen atoms in total. The van der Waals surface area contributed by atoms with Gasteiger partial charge in [-0.2, -0.15) is 0 Å². The number of pyridine rings is 1. The van der Waals surface area contributed by atoms with Gasteiger partial charge < -0.3 is 14.5 Å². The Labute approximate surface area is 191 Å². The zero-order valence-corrected chi connectivity index (χ0v) is 18.9. The van der Waals surface area contributed by atoms with Crippen LogP contribution in [0, 0.1) is 5.82 Å². The van der Waals surface area contributed by atoms with Gasteiger partial charge in [-0.25, -0.2) is 14.2 Å². The molecule has 0 aliphatic carbocycles. The second-order valence-corrected chi connectivity index (χ2v) is 10.0. The molecule has 2 aromatic rings. The molecule has 3 saturated heterocycles. The lowest BCUT2D eigenvalue weighted by molar-refractivity contribution is 0.0603. The summed E-state index contributed by atoms with van der Waals surface area (Å²) in [6, 6.07) is 2.01. The number of anilines is 1. The Kier molecular flexibility index (Phi) is 5.90. The van der Waals surface area contributed by atoms with Crippen molar-refractivity contribution >= 4 is 23.7 Å². The third-order valence-corrected chi connectivity index (χ3v) is 8.06. The lowest BCUT2D eigenvalue weighted by Crippen LogP contribution is -2.61. The Hall–Kier alpha value is -2.46. The fraction of sp³-hybridized carbons (Fsp3) is 0.545. The van der Waals surface area contributed by atoms with Gasteiger partial charge in [0.25, 0.3) is 0 Å². The summed E-state index contributed by atoms with van der Waals surface area (Å²) in [5.74, 6) is 1.47. The van der Waals surface area contributed by atoms with Crippen LogP contribution >= 0.6 is 11.8 Å². The van der Waals surface area contributed by atoms with Crippen LogP contribution in [0.1, 0.15) is 13.3 Å². The molecule has 1 amide bonds. The topological polar surface area (TPSA) is 74.7 Å². The van der Waals surface area contributed by atoms with Gasteiger partial charge in [-0.3, -0.25) is 14.9 Å². The molecule has 10 heteroatoms. The second kappa shape index (κ2) is 8.82. The minimum absolute atomic E-state index is 0.187. The van der Waals surface area contributed by atoms with Crippen molar-refractivity contribution in [1.82, 2.24) is 24.8 Å². The molecule has 3 aliphatic rings. The van der Waals surface area contributed by atoms with Gasteiger partial charge in [0.2, 0.25) is 0 Å². The van der Waals surface area contributed by atoms with Gasteiger partial charge in [0.1, 0.15) is 11.6 Å². The van der Waals surface area contributed by atoms with Crippen LogP contribution < -0.4 is 4.90 Å². The molecule has 0 saturated carbocycles. The lowest BCUT2D eigenvalue weighted by atomic mass is 9.91. The van der Waals surface area contributed by atoms with Crippen molar-refractivity contribution in [2.45, 2.75) is 24.1 Å². The van der Waals surface area contributed by atoms with E-state index in [4.69, 9.17) is 4.74 Å². The molecule has 2 aromatic heterocycles. The van der Waals surface area contributed by atoms with Gasteiger partial charge in [-0.15, -0.1) is 11.8 Å². The maximum Gasteiger partial charge on any atom is 0.409 e. The fourth-order valence-electron chi connectivity index (χ4n) is 4.88. The van der Waals surface area contributed by atoms with Crippen molar-refractivity contribution in [2.24, 2.45) is 0 Å². The van der Waals surface area contributed by atoms with E-state index in [0.717, 1.165) is 57.3 Å². The van der Waals surface area contributed by atoms with Crippen molar-refractivity contribution < 1.29 is 13.9 Å². The van der Waals surface area contributed by atoms with Crippen LogP contribution in [-0.2, 0) is 4.74 Å². The van der Waals surface area contributed by atoms with Crippen molar-refractivity contribution in [3.8, 4) is 11.3 Å². The zero-order chi connectivity index (χ0) is 22.1. The largest absolute Gasteiger partial charge is 0.450 e. The van der Waals surface area contributed by atoms with Crippen molar-refractivity contribution in [3.05, 3.63) is 36.7 Å². The second-order valence-electron chi connectivity index (χ2n) is 8.55. The Morgan fingerprint density at radius 3 is 2.75 bits per heavy atom. The Morgan fingerprint density at radius 2 is 2.03 bits per heavy atom. The molecular formula is C22H27FN6O2S. The molecule has 0 aromatic carbocycles. The number of carbonyl (C=O) groups is 1. The van der Waals surface area contributed by atoms with Crippen LogP contribution in [0.25, 0.3) is 11.3 Å². The first-order valence-electron chi connectivity index (χ1n) is 11.0. The molecule has 0 bridgehead atoms. The van der Waals surface area contributed by atoms with Gasteiger partial charge in [0.15, 0.2) is 0 Å². The zero-order valence-electron chi connectivity index (χ0n) is 18.1. The fourth-order valence-corrected chi connectivity index (χ4v) is 6.56. The summed E-state index contributed by atoms with van der Waals surface area (Å²) >= 11 is 2.00. The van der Waals surface area contributed by atoms with Crippen molar-refractivity contribution in [1.29, 1.82) is 0 Å². The van der Waals surface area contributed by atoms with Crippen LogP contribution in [0.4, 0.5) is 15.0 Å². The number of hydrogen-bond acceptors (Lipinski definition) is 8. The summed E-state index contributed by atoms with van der Waals surface area (Å²) in [5.41, 5.74) is 1.30. The number of nitrogens with zero attached hydrogens (tertiary/aromatic N) is 6. The Morgan fingerprint density at radius 1 is 1.22 bits per heavy atom. The maximum atomic E-state index is 13.9. The van der Waals surface area contributed by atoms with E-state index < -0.39 is 0 Å². The van der Waals surface area contributed by atoms with Gasteiger partial charge in [0.05, 0.1) is 29.4 Å². The number of aromatic nitrogens is 3. The van der Waals surface area contributed by atoms with Gasteiger partial charge in [0, 0.05) is 69.0 Å². The first-order chi connectivity index (χ1) is 15.6. The third kappa shape index (κ3) is 4.13. The summed E-state index contributed by atoms with van der Waals surface area (Å²) in [6.45, 7) is 7.35. The molecule has 5 heterocycles. The van der Waals surface area contributed by atoms with Crippen LogP contribution in [0.5, 0.6) is 0 Å². The molecular weight excluding hydrogens is 431 g/mol. The summed E-state index contributed by atoms with van der Waals surface area (Å²) < 4.78 is 19.2. The maximum absolute atomic E-state index is 13.9. The number of likely N-dealkylation sites (tertiary alicyclic amines) is 1. The number of rotatable bonds is 4. The minimum atomic E-state index is -0.376. The molecule has 170 valence electrons. The van der Waals surface area contributed by atoms with Crippen molar-refractivity contribution in [2.75, 3.05) is 56.5 Å². The minimum Gasteiger partial charge on any atom is -0.450 e. The van der Waals surface area contributed by atoms with Crippen molar-refractivity contribution in [3.63, 3.8) is 0 Å². The first-order valence-corrected chi connectivity index (χ1v) is 12.0.